The Morgan fingerprint density at radius 3 is 2.56 bits per heavy atom. The second-order valence-corrected chi connectivity index (χ2v) is 7.47. The SMILES string of the molecule is Cc1ccc(NC(=O)CCNS(=O)(=O)/C=C/c2ccccc2)cc1Cl. The minimum atomic E-state index is -3.59. The number of rotatable bonds is 7. The molecule has 0 aliphatic carbocycles. The lowest BCUT2D eigenvalue weighted by Crippen LogP contribution is -2.26. The van der Waals surface area contributed by atoms with E-state index < -0.39 is 10.0 Å². The number of amides is 1. The van der Waals surface area contributed by atoms with Crippen LogP contribution in [-0.2, 0) is 14.8 Å². The molecule has 0 radical (unpaired) electrons. The van der Waals surface area contributed by atoms with Crippen molar-refractivity contribution < 1.29 is 13.2 Å². The summed E-state index contributed by atoms with van der Waals surface area (Å²) >= 11 is 6.00. The van der Waals surface area contributed by atoms with Crippen molar-refractivity contribution in [2.45, 2.75) is 13.3 Å². The molecule has 0 aliphatic rings. The number of carbonyl (C=O) groups is 1. The van der Waals surface area contributed by atoms with Gasteiger partial charge in [0.1, 0.15) is 0 Å². The van der Waals surface area contributed by atoms with Crippen LogP contribution in [0.25, 0.3) is 6.08 Å². The Balaban J connectivity index is 1.81. The van der Waals surface area contributed by atoms with E-state index in [-0.39, 0.29) is 18.9 Å². The van der Waals surface area contributed by atoms with E-state index >= 15 is 0 Å². The fourth-order valence-electron chi connectivity index (χ4n) is 1.98. The molecule has 0 spiro atoms. The number of halogens is 1. The maximum absolute atomic E-state index is 11.9. The second kappa shape index (κ2) is 8.80. The largest absolute Gasteiger partial charge is 0.326 e. The van der Waals surface area contributed by atoms with E-state index in [2.05, 4.69) is 10.0 Å². The van der Waals surface area contributed by atoms with Crippen molar-refractivity contribution in [2.75, 3.05) is 11.9 Å². The van der Waals surface area contributed by atoms with Crippen molar-refractivity contribution >= 4 is 39.3 Å². The summed E-state index contributed by atoms with van der Waals surface area (Å²) in [6.07, 6.45) is 1.51. The van der Waals surface area contributed by atoms with Crippen molar-refractivity contribution in [1.29, 1.82) is 0 Å². The monoisotopic (exact) mass is 378 g/mol. The van der Waals surface area contributed by atoms with Gasteiger partial charge in [-0.1, -0.05) is 48.0 Å². The minimum Gasteiger partial charge on any atom is -0.326 e. The number of benzene rings is 2. The van der Waals surface area contributed by atoms with Gasteiger partial charge < -0.3 is 5.32 Å². The molecular formula is C18H19ClN2O3S. The molecule has 132 valence electrons. The number of aryl methyl sites for hydroxylation is 1. The average Bonchev–Trinajstić information content (AvgIpc) is 2.57. The standard InChI is InChI=1S/C18H19ClN2O3S/c1-14-7-8-16(13-17(14)19)21-18(22)9-11-20-25(23,24)12-10-15-5-3-2-4-6-15/h2-8,10,12-13,20H,9,11H2,1H3,(H,21,22)/b12-10+. The van der Waals surface area contributed by atoms with E-state index in [4.69, 9.17) is 11.6 Å². The highest BCUT2D eigenvalue weighted by Gasteiger charge is 2.08. The Morgan fingerprint density at radius 1 is 1.16 bits per heavy atom. The number of hydrogen-bond donors (Lipinski definition) is 2. The van der Waals surface area contributed by atoms with Gasteiger partial charge >= 0.3 is 0 Å². The van der Waals surface area contributed by atoms with Crippen LogP contribution >= 0.6 is 11.6 Å². The first kappa shape index (κ1) is 19.2. The molecular weight excluding hydrogens is 360 g/mol. The minimum absolute atomic E-state index is 0.00684. The number of sulfonamides is 1. The zero-order valence-electron chi connectivity index (χ0n) is 13.7. The van der Waals surface area contributed by atoms with Gasteiger partial charge in [0, 0.05) is 29.1 Å². The Bertz CT molecular complexity index is 865. The van der Waals surface area contributed by atoms with E-state index in [0.29, 0.717) is 10.7 Å². The van der Waals surface area contributed by atoms with Gasteiger partial charge in [-0.3, -0.25) is 4.79 Å². The molecule has 2 rings (SSSR count). The maximum atomic E-state index is 11.9. The summed E-state index contributed by atoms with van der Waals surface area (Å²) < 4.78 is 26.1. The zero-order chi connectivity index (χ0) is 18.3. The topological polar surface area (TPSA) is 75.3 Å². The quantitative estimate of drug-likeness (QED) is 0.773. The van der Waals surface area contributed by atoms with Crippen LogP contribution in [0.5, 0.6) is 0 Å². The summed E-state index contributed by atoms with van der Waals surface area (Å²) in [6, 6.07) is 14.3. The van der Waals surface area contributed by atoms with E-state index in [1.54, 1.807) is 30.3 Å². The molecule has 0 aliphatic heterocycles. The van der Waals surface area contributed by atoms with Crippen LogP contribution in [0.2, 0.25) is 5.02 Å². The van der Waals surface area contributed by atoms with E-state index in [0.717, 1.165) is 16.5 Å². The van der Waals surface area contributed by atoms with Crippen molar-refractivity contribution in [3.8, 4) is 0 Å². The lowest BCUT2D eigenvalue weighted by Gasteiger charge is -2.07. The third-order valence-electron chi connectivity index (χ3n) is 3.35. The molecule has 0 atom stereocenters. The Morgan fingerprint density at radius 2 is 1.88 bits per heavy atom. The first-order chi connectivity index (χ1) is 11.9. The molecule has 0 unspecified atom stereocenters. The molecule has 0 aromatic heterocycles. The van der Waals surface area contributed by atoms with Gasteiger partial charge in [-0.25, -0.2) is 13.1 Å². The third-order valence-corrected chi connectivity index (χ3v) is 4.86. The van der Waals surface area contributed by atoms with Gasteiger partial charge in [0.25, 0.3) is 0 Å². The Hall–Kier alpha value is -2.15. The second-order valence-electron chi connectivity index (χ2n) is 5.41. The molecule has 0 saturated heterocycles. The molecule has 0 bridgehead atoms. The number of nitrogens with one attached hydrogen (secondary N) is 2. The predicted molar refractivity (Wildman–Crippen MR) is 102 cm³/mol. The summed E-state index contributed by atoms with van der Waals surface area (Å²) in [5.41, 5.74) is 2.27. The van der Waals surface area contributed by atoms with Crippen molar-refractivity contribution in [2.24, 2.45) is 0 Å². The molecule has 1 amide bonds. The number of anilines is 1. The van der Waals surface area contributed by atoms with E-state index in [9.17, 15) is 13.2 Å². The fourth-order valence-corrected chi connectivity index (χ4v) is 2.98. The molecule has 0 heterocycles. The summed E-state index contributed by atoms with van der Waals surface area (Å²) in [6.45, 7) is 1.87. The highest BCUT2D eigenvalue weighted by molar-refractivity contribution is 7.92. The maximum Gasteiger partial charge on any atom is 0.233 e. The molecule has 0 fully saturated rings. The fraction of sp³-hybridized carbons (Fsp3) is 0.167. The predicted octanol–water partition coefficient (Wildman–Crippen LogP) is 3.57. The van der Waals surface area contributed by atoms with Gasteiger partial charge in [-0.2, -0.15) is 0 Å². The first-order valence-corrected chi connectivity index (χ1v) is 9.57. The lowest BCUT2D eigenvalue weighted by molar-refractivity contribution is -0.116. The Kier molecular flexibility index (Phi) is 6.75. The average molecular weight is 379 g/mol. The van der Waals surface area contributed by atoms with Crippen LogP contribution in [-0.4, -0.2) is 20.9 Å². The summed E-state index contributed by atoms with van der Waals surface area (Å²) in [5.74, 6) is -0.297. The van der Waals surface area contributed by atoms with Crippen LogP contribution in [0.4, 0.5) is 5.69 Å². The number of hydrogen-bond acceptors (Lipinski definition) is 3. The van der Waals surface area contributed by atoms with Gasteiger partial charge in [0.2, 0.25) is 15.9 Å². The third kappa shape index (κ3) is 6.70. The zero-order valence-corrected chi connectivity index (χ0v) is 15.3. The highest BCUT2D eigenvalue weighted by atomic mass is 35.5. The molecule has 2 aromatic rings. The highest BCUT2D eigenvalue weighted by Crippen LogP contribution is 2.19. The molecule has 0 saturated carbocycles. The molecule has 25 heavy (non-hydrogen) atoms. The normalized spacial score (nSPS) is 11.6. The van der Waals surface area contributed by atoms with E-state index in [1.165, 1.54) is 6.08 Å². The molecule has 7 heteroatoms. The molecule has 2 aromatic carbocycles. The van der Waals surface area contributed by atoms with Crippen molar-refractivity contribution in [3.05, 3.63) is 70.1 Å². The van der Waals surface area contributed by atoms with Gasteiger partial charge in [-0.05, 0) is 36.3 Å². The van der Waals surface area contributed by atoms with Crippen LogP contribution in [0.15, 0.2) is 53.9 Å². The van der Waals surface area contributed by atoms with E-state index in [1.807, 2.05) is 25.1 Å². The first-order valence-electron chi connectivity index (χ1n) is 7.64. The van der Waals surface area contributed by atoms with Crippen molar-refractivity contribution in [3.63, 3.8) is 0 Å². The summed E-state index contributed by atoms with van der Waals surface area (Å²) in [7, 11) is -3.59. The lowest BCUT2D eigenvalue weighted by atomic mass is 10.2. The smallest absolute Gasteiger partial charge is 0.233 e. The summed E-state index contributed by atoms with van der Waals surface area (Å²) in [4.78, 5) is 11.9. The Labute approximate surface area is 152 Å². The van der Waals surface area contributed by atoms with Gasteiger partial charge in [-0.15, -0.1) is 0 Å². The number of carbonyl (C=O) groups excluding carboxylic acids is 1. The molecule has 2 N–H and O–H groups in total. The van der Waals surface area contributed by atoms with Crippen LogP contribution < -0.4 is 10.0 Å². The summed E-state index contributed by atoms with van der Waals surface area (Å²) in [5, 5.41) is 4.32. The van der Waals surface area contributed by atoms with Gasteiger partial charge in [0.15, 0.2) is 0 Å². The van der Waals surface area contributed by atoms with Crippen LogP contribution in [0.1, 0.15) is 17.5 Å². The van der Waals surface area contributed by atoms with Crippen LogP contribution in [0, 0.1) is 6.92 Å². The van der Waals surface area contributed by atoms with Crippen molar-refractivity contribution in [1.82, 2.24) is 4.72 Å². The molecule has 5 nitrogen and oxygen atoms in total. The van der Waals surface area contributed by atoms with Crippen LogP contribution in [0.3, 0.4) is 0 Å². The van der Waals surface area contributed by atoms with Gasteiger partial charge in [0.05, 0.1) is 0 Å².